The van der Waals surface area contributed by atoms with Crippen LogP contribution >= 0.6 is 0 Å². The van der Waals surface area contributed by atoms with Gasteiger partial charge < -0.3 is 5.73 Å². The first-order chi connectivity index (χ1) is 7.31. The lowest BCUT2D eigenvalue weighted by Gasteiger charge is -2.03. The molecule has 0 amide bonds. The molecule has 0 unspecified atom stereocenters. The third-order valence-electron chi connectivity index (χ3n) is 2.03. The largest absolute Gasteiger partial charge is 0.398 e. The fraction of sp³-hybridized carbons (Fsp3) is 0. The molecule has 4 nitrogen and oxygen atoms in total. The highest BCUT2D eigenvalue weighted by molar-refractivity contribution is 5.74. The van der Waals surface area contributed by atoms with Gasteiger partial charge in [-0.05, 0) is 30.3 Å². The maximum absolute atomic E-state index is 8.69. The second kappa shape index (κ2) is 3.76. The van der Waals surface area contributed by atoms with Gasteiger partial charge in [0.05, 0.1) is 17.3 Å². The summed E-state index contributed by atoms with van der Waals surface area (Å²) >= 11 is 0. The molecule has 15 heavy (non-hydrogen) atoms. The van der Waals surface area contributed by atoms with E-state index in [0.29, 0.717) is 16.9 Å². The first-order valence-electron chi connectivity index (χ1n) is 4.39. The third-order valence-corrected chi connectivity index (χ3v) is 2.03. The van der Waals surface area contributed by atoms with Gasteiger partial charge >= 0.3 is 0 Å². The van der Waals surface area contributed by atoms with E-state index in [2.05, 4.69) is 10.2 Å². The SMILES string of the molecule is N#Cc1ccc(-c2cccnn2)c(N)c1. The summed E-state index contributed by atoms with van der Waals surface area (Å²) in [6.45, 7) is 0. The highest BCUT2D eigenvalue weighted by Crippen LogP contribution is 2.23. The third kappa shape index (κ3) is 1.76. The van der Waals surface area contributed by atoms with Crippen molar-refractivity contribution in [2.75, 3.05) is 5.73 Å². The van der Waals surface area contributed by atoms with E-state index in [4.69, 9.17) is 11.0 Å². The molecule has 0 atom stereocenters. The molecule has 1 heterocycles. The maximum atomic E-state index is 8.69. The summed E-state index contributed by atoms with van der Waals surface area (Å²) in [6.07, 6.45) is 1.60. The van der Waals surface area contributed by atoms with Crippen LogP contribution in [0.3, 0.4) is 0 Å². The minimum Gasteiger partial charge on any atom is -0.398 e. The molecule has 0 radical (unpaired) electrons. The second-order valence-corrected chi connectivity index (χ2v) is 3.02. The van der Waals surface area contributed by atoms with E-state index in [0.717, 1.165) is 5.56 Å². The van der Waals surface area contributed by atoms with Gasteiger partial charge in [0.1, 0.15) is 0 Å². The maximum Gasteiger partial charge on any atom is 0.0992 e. The van der Waals surface area contributed by atoms with Crippen molar-refractivity contribution < 1.29 is 0 Å². The number of hydrogen-bond acceptors (Lipinski definition) is 4. The number of nitrogen functional groups attached to an aromatic ring is 1. The molecule has 2 N–H and O–H groups in total. The fourth-order valence-corrected chi connectivity index (χ4v) is 1.31. The number of benzene rings is 1. The van der Waals surface area contributed by atoms with Crippen LogP contribution in [-0.4, -0.2) is 10.2 Å². The Bertz CT molecular complexity index is 514. The van der Waals surface area contributed by atoms with Gasteiger partial charge in [-0.25, -0.2) is 0 Å². The number of nitrogens with zero attached hydrogens (tertiary/aromatic N) is 3. The van der Waals surface area contributed by atoms with Crippen LogP contribution in [0.5, 0.6) is 0 Å². The zero-order valence-corrected chi connectivity index (χ0v) is 7.88. The molecule has 0 saturated carbocycles. The topological polar surface area (TPSA) is 75.6 Å². The van der Waals surface area contributed by atoms with Gasteiger partial charge in [-0.15, -0.1) is 0 Å². The molecule has 1 aromatic heterocycles. The number of hydrogen-bond donors (Lipinski definition) is 1. The van der Waals surface area contributed by atoms with E-state index in [-0.39, 0.29) is 0 Å². The zero-order valence-electron chi connectivity index (χ0n) is 7.88. The van der Waals surface area contributed by atoms with Crippen molar-refractivity contribution in [3.63, 3.8) is 0 Å². The monoisotopic (exact) mass is 196 g/mol. The lowest BCUT2D eigenvalue weighted by molar-refractivity contribution is 1.04. The van der Waals surface area contributed by atoms with Crippen molar-refractivity contribution in [1.82, 2.24) is 10.2 Å². The van der Waals surface area contributed by atoms with Gasteiger partial charge in [0.25, 0.3) is 0 Å². The highest BCUT2D eigenvalue weighted by Gasteiger charge is 2.04. The molecular formula is C11H8N4. The van der Waals surface area contributed by atoms with E-state index in [1.54, 1.807) is 30.5 Å². The number of rotatable bonds is 1. The van der Waals surface area contributed by atoms with Crippen LogP contribution in [-0.2, 0) is 0 Å². The summed E-state index contributed by atoms with van der Waals surface area (Å²) in [5.74, 6) is 0. The zero-order chi connectivity index (χ0) is 10.7. The lowest BCUT2D eigenvalue weighted by Crippen LogP contribution is -1.93. The molecule has 0 aliphatic heterocycles. The van der Waals surface area contributed by atoms with E-state index >= 15 is 0 Å². The Labute approximate surface area is 87.0 Å². The van der Waals surface area contributed by atoms with E-state index in [1.807, 2.05) is 12.1 Å². The lowest BCUT2D eigenvalue weighted by atomic mass is 10.1. The Morgan fingerprint density at radius 1 is 1.27 bits per heavy atom. The molecule has 2 rings (SSSR count). The van der Waals surface area contributed by atoms with Crippen molar-refractivity contribution in [3.05, 3.63) is 42.1 Å². The van der Waals surface area contributed by atoms with Crippen molar-refractivity contribution >= 4 is 5.69 Å². The number of anilines is 1. The molecule has 2 aromatic rings. The molecule has 0 saturated heterocycles. The summed E-state index contributed by atoms with van der Waals surface area (Å²) < 4.78 is 0. The molecule has 1 aromatic carbocycles. The molecule has 0 fully saturated rings. The van der Waals surface area contributed by atoms with Crippen molar-refractivity contribution in [1.29, 1.82) is 5.26 Å². The number of nitrogens with two attached hydrogens (primary N) is 1. The highest BCUT2D eigenvalue weighted by atomic mass is 15.1. The Balaban J connectivity index is 2.52. The standard InChI is InChI=1S/C11H8N4/c12-7-8-3-4-9(10(13)6-8)11-2-1-5-14-15-11/h1-6H,13H2. The van der Waals surface area contributed by atoms with E-state index < -0.39 is 0 Å². The predicted molar refractivity (Wildman–Crippen MR) is 56.6 cm³/mol. The van der Waals surface area contributed by atoms with Gasteiger partial charge in [0.15, 0.2) is 0 Å². The van der Waals surface area contributed by atoms with Gasteiger partial charge in [-0.3, -0.25) is 0 Å². The van der Waals surface area contributed by atoms with Crippen LogP contribution in [0.1, 0.15) is 5.56 Å². The van der Waals surface area contributed by atoms with Gasteiger partial charge in [-0.2, -0.15) is 15.5 Å². The van der Waals surface area contributed by atoms with E-state index in [9.17, 15) is 0 Å². The molecule has 0 aliphatic carbocycles. The molecule has 0 spiro atoms. The molecular weight excluding hydrogens is 188 g/mol. The van der Waals surface area contributed by atoms with Crippen LogP contribution in [0.4, 0.5) is 5.69 Å². The summed E-state index contributed by atoms with van der Waals surface area (Å²) in [5.41, 5.74) is 8.39. The van der Waals surface area contributed by atoms with Crippen LogP contribution in [0.25, 0.3) is 11.3 Å². The molecule has 0 aliphatic rings. The Hall–Kier alpha value is -2.41. The van der Waals surface area contributed by atoms with Gasteiger partial charge in [0, 0.05) is 17.4 Å². The van der Waals surface area contributed by atoms with Gasteiger partial charge in [-0.1, -0.05) is 0 Å². The molecule has 0 bridgehead atoms. The number of aromatic nitrogens is 2. The van der Waals surface area contributed by atoms with Crippen molar-refractivity contribution in [2.45, 2.75) is 0 Å². The summed E-state index contributed by atoms with van der Waals surface area (Å²) in [6, 6.07) is 10.8. The van der Waals surface area contributed by atoms with Gasteiger partial charge in [0.2, 0.25) is 0 Å². The van der Waals surface area contributed by atoms with Crippen LogP contribution in [0, 0.1) is 11.3 Å². The molecule has 4 heteroatoms. The average Bonchev–Trinajstić information content (AvgIpc) is 2.30. The first kappa shape index (κ1) is 9.16. The molecule has 72 valence electrons. The fourth-order valence-electron chi connectivity index (χ4n) is 1.31. The minimum atomic E-state index is 0.537. The van der Waals surface area contributed by atoms with E-state index in [1.165, 1.54) is 0 Å². The van der Waals surface area contributed by atoms with Crippen molar-refractivity contribution in [2.24, 2.45) is 0 Å². The first-order valence-corrected chi connectivity index (χ1v) is 4.39. The predicted octanol–water partition coefficient (Wildman–Crippen LogP) is 1.60. The van der Waals surface area contributed by atoms with Crippen LogP contribution in [0.2, 0.25) is 0 Å². The summed E-state index contributed by atoms with van der Waals surface area (Å²) in [7, 11) is 0. The van der Waals surface area contributed by atoms with Crippen LogP contribution in [0.15, 0.2) is 36.5 Å². The quantitative estimate of drug-likeness (QED) is 0.703. The van der Waals surface area contributed by atoms with Crippen molar-refractivity contribution in [3.8, 4) is 17.3 Å². The normalized spacial score (nSPS) is 9.53. The Morgan fingerprint density at radius 3 is 2.73 bits per heavy atom. The Morgan fingerprint density at radius 2 is 2.13 bits per heavy atom. The Kier molecular flexibility index (Phi) is 2.30. The second-order valence-electron chi connectivity index (χ2n) is 3.02. The average molecular weight is 196 g/mol. The summed E-state index contributed by atoms with van der Waals surface area (Å²) in [5, 5.41) is 16.4. The van der Waals surface area contributed by atoms with Crippen LogP contribution < -0.4 is 5.73 Å². The smallest absolute Gasteiger partial charge is 0.0992 e. The number of nitriles is 1. The minimum absolute atomic E-state index is 0.537. The summed E-state index contributed by atoms with van der Waals surface area (Å²) in [4.78, 5) is 0.